The first kappa shape index (κ1) is 17.0. The minimum absolute atomic E-state index is 0.127. The van der Waals surface area contributed by atoms with Gasteiger partial charge in [-0.2, -0.15) is 13.2 Å². The molecule has 0 N–H and O–H groups in total. The number of ether oxygens (including phenoxy) is 1. The van der Waals surface area contributed by atoms with Crippen molar-refractivity contribution in [1.82, 2.24) is 14.3 Å². The zero-order chi connectivity index (χ0) is 17.5. The third-order valence-electron chi connectivity index (χ3n) is 3.91. The third kappa shape index (κ3) is 2.95. The Labute approximate surface area is 141 Å². The van der Waals surface area contributed by atoms with E-state index in [-0.39, 0.29) is 22.3 Å². The zero-order valence-electron chi connectivity index (χ0n) is 12.9. The molecule has 3 heterocycles. The Hall–Kier alpha value is -1.80. The van der Waals surface area contributed by atoms with Gasteiger partial charge in [0.25, 0.3) is 5.91 Å². The van der Waals surface area contributed by atoms with E-state index in [1.165, 1.54) is 0 Å². The quantitative estimate of drug-likeness (QED) is 0.826. The van der Waals surface area contributed by atoms with E-state index in [1.54, 1.807) is 11.8 Å². The topological polar surface area (TPSA) is 46.8 Å². The van der Waals surface area contributed by atoms with Crippen LogP contribution in [0.25, 0.3) is 5.65 Å². The Kier molecular flexibility index (Phi) is 4.44. The number of fused-ring (bicyclic) bond motifs is 1. The molecule has 1 aliphatic rings. The van der Waals surface area contributed by atoms with Crippen molar-refractivity contribution in [1.29, 1.82) is 0 Å². The summed E-state index contributed by atoms with van der Waals surface area (Å²) in [6.45, 7) is 3.37. The van der Waals surface area contributed by atoms with Gasteiger partial charge < -0.3 is 9.64 Å². The van der Waals surface area contributed by atoms with Gasteiger partial charge in [0.15, 0.2) is 5.65 Å². The van der Waals surface area contributed by atoms with Gasteiger partial charge in [-0.15, -0.1) is 0 Å². The summed E-state index contributed by atoms with van der Waals surface area (Å²) in [5, 5.41) is -0.138. The highest BCUT2D eigenvalue weighted by molar-refractivity contribution is 6.33. The molecule has 0 bridgehead atoms. The average molecular weight is 362 g/mol. The highest BCUT2D eigenvalue weighted by atomic mass is 35.5. The fourth-order valence-electron chi connectivity index (χ4n) is 2.70. The van der Waals surface area contributed by atoms with Crippen molar-refractivity contribution in [3.8, 4) is 0 Å². The molecule has 130 valence electrons. The molecule has 0 aromatic carbocycles. The summed E-state index contributed by atoms with van der Waals surface area (Å²) in [5.41, 5.74) is -0.218. The van der Waals surface area contributed by atoms with Crippen molar-refractivity contribution >= 4 is 23.2 Å². The van der Waals surface area contributed by atoms with E-state index >= 15 is 0 Å². The summed E-state index contributed by atoms with van der Waals surface area (Å²) in [6.07, 6.45) is -3.28. The van der Waals surface area contributed by atoms with Gasteiger partial charge in [0.1, 0.15) is 5.69 Å². The van der Waals surface area contributed by atoms with Gasteiger partial charge in [0.2, 0.25) is 0 Å². The number of halogens is 4. The number of nitrogens with zero attached hydrogens (tertiary/aromatic N) is 3. The van der Waals surface area contributed by atoms with Crippen LogP contribution >= 0.6 is 11.6 Å². The molecule has 1 fully saturated rings. The fraction of sp³-hybridized carbons (Fsp3) is 0.467. The van der Waals surface area contributed by atoms with Crippen molar-refractivity contribution in [2.24, 2.45) is 0 Å². The lowest BCUT2D eigenvalue weighted by Crippen LogP contribution is -2.41. The smallest absolute Gasteiger partial charge is 0.378 e. The molecule has 3 rings (SSSR count). The largest absolute Gasteiger partial charge is 0.417 e. The maximum absolute atomic E-state index is 13.1. The maximum atomic E-state index is 13.1. The number of pyridine rings is 1. The summed E-state index contributed by atoms with van der Waals surface area (Å²) in [6, 6.07) is 0.826. The number of aryl methyl sites for hydroxylation is 1. The van der Waals surface area contributed by atoms with Crippen LogP contribution in [-0.2, 0) is 17.3 Å². The first-order valence-electron chi connectivity index (χ1n) is 7.47. The van der Waals surface area contributed by atoms with E-state index in [1.807, 2.05) is 0 Å². The lowest BCUT2D eigenvalue weighted by Gasteiger charge is -2.27. The number of carbonyl (C=O) groups excluding carboxylic acids is 1. The zero-order valence-corrected chi connectivity index (χ0v) is 13.6. The third-order valence-corrected chi connectivity index (χ3v) is 4.19. The molecule has 9 heteroatoms. The van der Waals surface area contributed by atoms with Crippen molar-refractivity contribution in [3.05, 3.63) is 34.2 Å². The number of rotatable bonds is 2. The van der Waals surface area contributed by atoms with Crippen molar-refractivity contribution in [2.45, 2.75) is 19.5 Å². The molecule has 0 spiro atoms. The number of alkyl halides is 3. The van der Waals surface area contributed by atoms with Crippen LogP contribution in [0.2, 0.25) is 5.02 Å². The Morgan fingerprint density at radius 2 is 2.04 bits per heavy atom. The van der Waals surface area contributed by atoms with Gasteiger partial charge in [-0.25, -0.2) is 4.98 Å². The minimum Gasteiger partial charge on any atom is -0.378 e. The Morgan fingerprint density at radius 1 is 1.38 bits per heavy atom. The van der Waals surface area contributed by atoms with Crippen LogP contribution < -0.4 is 0 Å². The van der Waals surface area contributed by atoms with Crippen LogP contribution in [0.4, 0.5) is 13.2 Å². The SMILES string of the molecule is CCc1nc2c(Cl)cc(C(F)(F)F)cn2c1C(=O)N1CCOCC1. The highest BCUT2D eigenvalue weighted by Crippen LogP contribution is 2.33. The van der Waals surface area contributed by atoms with Crippen molar-refractivity contribution in [2.75, 3.05) is 26.3 Å². The molecule has 2 aromatic heterocycles. The Bertz CT molecular complexity index is 782. The first-order chi connectivity index (χ1) is 11.3. The molecular formula is C15H15ClF3N3O2. The summed E-state index contributed by atoms with van der Waals surface area (Å²) < 4.78 is 45.6. The fourth-order valence-corrected chi connectivity index (χ4v) is 2.95. The second-order valence-corrected chi connectivity index (χ2v) is 5.84. The summed E-state index contributed by atoms with van der Waals surface area (Å²) in [5.74, 6) is -0.363. The molecule has 0 radical (unpaired) electrons. The second kappa shape index (κ2) is 6.25. The predicted molar refractivity (Wildman–Crippen MR) is 81.3 cm³/mol. The molecular weight excluding hydrogens is 347 g/mol. The monoisotopic (exact) mass is 361 g/mol. The van der Waals surface area contributed by atoms with E-state index in [2.05, 4.69) is 4.98 Å². The van der Waals surface area contributed by atoms with Crippen LogP contribution in [0.5, 0.6) is 0 Å². The van der Waals surface area contributed by atoms with Crippen LogP contribution in [0.3, 0.4) is 0 Å². The van der Waals surface area contributed by atoms with Gasteiger partial charge in [0, 0.05) is 19.3 Å². The highest BCUT2D eigenvalue weighted by Gasteiger charge is 2.33. The minimum atomic E-state index is -4.56. The summed E-state index contributed by atoms with van der Waals surface area (Å²) in [7, 11) is 0. The van der Waals surface area contributed by atoms with E-state index < -0.39 is 11.7 Å². The number of aromatic nitrogens is 2. The number of morpholine rings is 1. The molecule has 1 saturated heterocycles. The molecule has 2 aromatic rings. The lowest BCUT2D eigenvalue weighted by atomic mass is 10.2. The number of carbonyl (C=O) groups is 1. The average Bonchev–Trinajstić information content (AvgIpc) is 2.93. The van der Waals surface area contributed by atoms with Crippen molar-refractivity contribution < 1.29 is 22.7 Å². The van der Waals surface area contributed by atoms with Gasteiger partial charge in [-0.1, -0.05) is 18.5 Å². The summed E-state index contributed by atoms with van der Waals surface area (Å²) in [4.78, 5) is 18.6. The van der Waals surface area contributed by atoms with Crippen molar-refractivity contribution in [3.63, 3.8) is 0 Å². The maximum Gasteiger partial charge on any atom is 0.417 e. The lowest BCUT2D eigenvalue weighted by molar-refractivity contribution is -0.137. The number of imidazole rings is 1. The van der Waals surface area contributed by atoms with E-state index in [4.69, 9.17) is 16.3 Å². The standard InChI is InChI=1S/C15H15ClF3N3O2/c1-2-11-12(14(23)21-3-5-24-6-4-21)22-8-9(15(17,18)19)7-10(16)13(22)20-11/h7-8H,2-6H2,1H3. The second-order valence-electron chi connectivity index (χ2n) is 5.43. The van der Waals surface area contributed by atoms with Crippen LogP contribution in [0.15, 0.2) is 12.3 Å². The van der Waals surface area contributed by atoms with Crippen LogP contribution in [0, 0.1) is 0 Å². The predicted octanol–water partition coefficient (Wildman–Crippen LogP) is 3.04. The van der Waals surface area contributed by atoms with E-state index in [0.717, 1.165) is 16.7 Å². The van der Waals surface area contributed by atoms with Crippen LogP contribution in [0.1, 0.15) is 28.7 Å². The molecule has 1 aliphatic heterocycles. The molecule has 1 amide bonds. The number of hydrogen-bond acceptors (Lipinski definition) is 3. The molecule has 0 saturated carbocycles. The van der Waals surface area contributed by atoms with Gasteiger partial charge >= 0.3 is 6.18 Å². The summed E-state index contributed by atoms with van der Waals surface area (Å²) >= 11 is 5.97. The first-order valence-corrected chi connectivity index (χ1v) is 7.85. The Morgan fingerprint density at radius 3 is 2.62 bits per heavy atom. The van der Waals surface area contributed by atoms with Gasteiger partial charge in [-0.05, 0) is 12.5 Å². The van der Waals surface area contributed by atoms with Crippen LogP contribution in [-0.4, -0.2) is 46.5 Å². The molecule has 24 heavy (non-hydrogen) atoms. The van der Waals surface area contributed by atoms with Gasteiger partial charge in [0.05, 0.1) is 29.5 Å². The molecule has 0 atom stereocenters. The van der Waals surface area contributed by atoms with Gasteiger partial charge in [-0.3, -0.25) is 9.20 Å². The normalized spacial score (nSPS) is 16.0. The number of amides is 1. The molecule has 5 nitrogen and oxygen atoms in total. The molecule has 0 aliphatic carbocycles. The Balaban J connectivity index is 2.17. The number of hydrogen-bond donors (Lipinski definition) is 0. The molecule has 0 unspecified atom stereocenters. The van der Waals surface area contributed by atoms with E-state index in [9.17, 15) is 18.0 Å². The van der Waals surface area contributed by atoms with E-state index in [0.29, 0.717) is 38.4 Å².